The summed E-state index contributed by atoms with van der Waals surface area (Å²) in [4.78, 5) is 4.36. The zero-order valence-corrected chi connectivity index (χ0v) is 9.90. The molecule has 1 aromatic rings. The fourth-order valence-electron chi connectivity index (χ4n) is 1.53. The summed E-state index contributed by atoms with van der Waals surface area (Å²) in [5.74, 6) is 2.46. The van der Waals surface area contributed by atoms with Crippen molar-refractivity contribution >= 4 is 5.95 Å². The molecule has 0 aromatic carbocycles. The van der Waals surface area contributed by atoms with Crippen molar-refractivity contribution < 1.29 is 0 Å². The monoisotopic (exact) mass is 207 g/mol. The van der Waals surface area contributed by atoms with Crippen LogP contribution in [0.2, 0.25) is 0 Å². The molecule has 3 nitrogen and oxygen atoms in total. The third-order valence-corrected chi connectivity index (χ3v) is 3.25. The van der Waals surface area contributed by atoms with Gasteiger partial charge in [-0.05, 0) is 24.7 Å². The van der Waals surface area contributed by atoms with Crippen LogP contribution in [0.3, 0.4) is 0 Å². The zero-order chi connectivity index (χ0) is 10.8. The van der Waals surface area contributed by atoms with Crippen LogP contribution < -0.4 is 5.32 Å². The molecule has 2 rings (SSSR count). The molecule has 0 aliphatic heterocycles. The Labute approximate surface area is 91.9 Å². The maximum absolute atomic E-state index is 4.36. The number of anilines is 1. The first kappa shape index (κ1) is 10.5. The zero-order valence-electron chi connectivity index (χ0n) is 9.90. The van der Waals surface area contributed by atoms with Gasteiger partial charge in [0.2, 0.25) is 5.95 Å². The Kier molecular flexibility index (Phi) is 2.98. The summed E-state index contributed by atoms with van der Waals surface area (Å²) < 4.78 is 2.24. The van der Waals surface area contributed by atoms with Crippen molar-refractivity contribution in [3.63, 3.8) is 0 Å². The first-order chi connectivity index (χ1) is 7.16. The Morgan fingerprint density at radius 1 is 1.47 bits per heavy atom. The highest BCUT2D eigenvalue weighted by molar-refractivity contribution is 5.29. The van der Waals surface area contributed by atoms with E-state index in [0.717, 1.165) is 18.4 Å². The van der Waals surface area contributed by atoms with Gasteiger partial charge in [0, 0.05) is 25.0 Å². The number of hydrogen-bond acceptors (Lipinski definition) is 2. The molecule has 1 aliphatic rings. The van der Waals surface area contributed by atoms with Gasteiger partial charge in [-0.25, -0.2) is 4.98 Å². The molecular formula is C12H21N3. The lowest BCUT2D eigenvalue weighted by Crippen LogP contribution is -2.15. The van der Waals surface area contributed by atoms with Crippen LogP contribution in [0.5, 0.6) is 0 Å². The van der Waals surface area contributed by atoms with E-state index in [4.69, 9.17) is 0 Å². The average Bonchev–Trinajstić information content (AvgIpc) is 2.88. The van der Waals surface area contributed by atoms with Crippen LogP contribution in [-0.2, 0) is 6.54 Å². The van der Waals surface area contributed by atoms with Crippen molar-refractivity contribution in [2.45, 2.75) is 46.2 Å². The molecule has 1 fully saturated rings. The van der Waals surface area contributed by atoms with E-state index in [9.17, 15) is 0 Å². The summed E-state index contributed by atoms with van der Waals surface area (Å²) in [7, 11) is 0. The van der Waals surface area contributed by atoms with Gasteiger partial charge in [0.05, 0.1) is 0 Å². The van der Waals surface area contributed by atoms with Crippen molar-refractivity contribution in [3.05, 3.63) is 12.4 Å². The molecule has 1 heterocycles. The van der Waals surface area contributed by atoms with E-state index < -0.39 is 0 Å². The van der Waals surface area contributed by atoms with Gasteiger partial charge < -0.3 is 9.88 Å². The normalized spacial score (nSPS) is 18.1. The summed E-state index contributed by atoms with van der Waals surface area (Å²) in [5, 5.41) is 3.46. The van der Waals surface area contributed by atoms with E-state index in [0.29, 0.717) is 12.0 Å². The quantitative estimate of drug-likeness (QED) is 0.804. The number of hydrogen-bond donors (Lipinski definition) is 1. The van der Waals surface area contributed by atoms with Crippen LogP contribution in [0.1, 0.15) is 33.6 Å². The van der Waals surface area contributed by atoms with Gasteiger partial charge >= 0.3 is 0 Å². The predicted octanol–water partition coefficient (Wildman–Crippen LogP) is 2.75. The minimum absolute atomic E-state index is 0.681. The van der Waals surface area contributed by atoms with E-state index in [-0.39, 0.29) is 0 Å². The Morgan fingerprint density at radius 3 is 2.80 bits per heavy atom. The number of aromatic nitrogens is 2. The maximum atomic E-state index is 4.36. The summed E-state index contributed by atoms with van der Waals surface area (Å²) >= 11 is 0. The molecule has 0 spiro atoms. The summed E-state index contributed by atoms with van der Waals surface area (Å²) in [5.41, 5.74) is 0. The molecule has 84 valence electrons. The summed E-state index contributed by atoms with van der Waals surface area (Å²) in [6.07, 6.45) is 6.56. The van der Waals surface area contributed by atoms with Gasteiger partial charge in [0.1, 0.15) is 0 Å². The summed E-state index contributed by atoms with van der Waals surface area (Å²) in [6.45, 7) is 7.91. The SMILES string of the molecule is CC(C)C(C)Cn1ccnc1NC1CC1. The first-order valence-corrected chi connectivity index (χ1v) is 5.94. The molecule has 0 amide bonds. The Hall–Kier alpha value is -0.990. The minimum Gasteiger partial charge on any atom is -0.353 e. The molecule has 1 aliphatic carbocycles. The van der Waals surface area contributed by atoms with E-state index in [1.165, 1.54) is 12.8 Å². The van der Waals surface area contributed by atoms with Gasteiger partial charge in [-0.15, -0.1) is 0 Å². The second-order valence-corrected chi connectivity index (χ2v) is 5.04. The second-order valence-electron chi connectivity index (χ2n) is 5.04. The molecule has 1 N–H and O–H groups in total. The lowest BCUT2D eigenvalue weighted by atomic mass is 9.98. The molecule has 3 heteroatoms. The molecule has 0 bridgehead atoms. The Morgan fingerprint density at radius 2 is 2.20 bits per heavy atom. The van der Waals surface area contributed by atoms with E-state index in [2.05, 4.69) is 41.8 Å². The largest absolute Gasteiger partial charge is 0.353 e. The lowest BCUT2D eigenvalue weighted by molar-refractivity contribution is 0.366. The number of imidazole rings is 1. The van der Waals surface area contributed by atoms with Crippen LogP contribution in [-0.4, -0.2) is 15.6 Å². The van der Waals surface area contributed by atoms with E-state index in [1.54, 1.807) is 0 Å². The van der Waals surface area contributed by atoms with Gasteiger partial charge in [-0.1, -0.05) is 20.8 Å². The predicted molar refractivity (Wildman–Crippen MR) is 62.9 cm³/mol. The molecular weight excluding hydrogens is 186 g/mol. The Bertz CT molecular complexity index is 312. The van der Waals surface area contributed by atoms with Gasteiger partial charge in [0.15, 0.2) is 0 Å². The van der Waals surface area contributed by atoms with Crippen molar-refractivity contribution in [2.24, 2.45) is 11.8 Å². The molecule has 1 atom stereocenters. The highest BCUT2D eigenvalue weighted by Gasteiger charge is 2.22. The molecule has 0 saturated heterocycles. The van der Waals surface area contributed by atoms with Crippen LogP contribution in [0.25, 0.3) is 0 Å². The molecule has 1 aromatic heterocycles. The fraction of sp³-hybridized carbons (Fsp3) is 0.750. The van der Waals surface area contributed by atoms with Crippen molar-refractivity contribution in [2.75, 3.05) is 5.32 Å². The molecule has 0 radical (unpaired) electrons. The smallest absolute Gasteiger partial charge is 0.202 e. The molecule has 15 heavy (non-hydrogen) atoms. The van der Waals surface area contributed by atoms with Crippen LogP contribution in [0, 0.1) is 11.8 Å². The number of nitrogens with zero attached hydrogens (tertiary/aromatic N) is 2. The summed E-state index contributed by atoms with van der Waals surface area (Å²) in [6, 6.07) is 0.681. The standard InChI is InChI=1S/C12H21N3/c1-9(2)10(3)8-15-7-6-13-12(15)14-11-4-5-11/h6-7,9-11H,4-5,8H2,1-3H3,(H,13,14). The topological polar surface area (TPSA) is 29.9 Å². The van der Waals surface area contributed by atoms with Gasteiger partial charge in [0.25, 0.3) is 0 Å². The van der Waals surface area contributed by atoms with Crippen molar-refractivity contribution in [1.29, 1.82) is 0 Å². The third kappa shape index (κ3) is 2.74. The lowest BCUT2D eigenvalue weighted by Gasteiger charge is -2.17. The second kappa shape index (κ2) is 4.25. The number of nitrogens with one attached hydrogen (secondary N) is 1. The van der Waals surface area contributed by atoms with Crippen molar-refractivity contribution in [3.8, 4) is 0 Å². The highest BCUT2D eigenvalue weighted by atomic mass is 15.2. The molecule has 1 unspecified atom stereocenters. The van der Waals surface area contributed by atoms with E-state index in [1.807, 2.05) is 6.20 Å². The van der Waals surface area contributed by atoms with Crippen LogP contribution in [0.4, 0.5) is 5.95 Å². The van der Waals surface area contributed by atoms with Gasteiger partial charge in [-0.3, -0.25) is 0 Å². The Balaban J connectivity index is 1.97. The third-order valence-electron chi connectivity index (χ3n) is 3.25. The van der Waals surface area contributed by atoms with Crippen LogP contribution >= 0.6 is 0 Å². The number of rotatable bonds is 5. The van der Waals surface area contributed by atoms with E-state index >= 15 is 0 Å². The first-order valence-electron chi connectivity index (χ1n) is 5.94. The minimum atomic E-state index is 0.681. The van der Waals surface area contributed by atoms with Crippen LogP contribution in [0.15, 0.2) is 12.4 Å². The average molecular weight is 207 g/mol. The fourth-order valence-corrected chi connectivity index (χ4v) is 1.53. The molecule has 1 saturated carbocycles. The highest BCUT2D eigenvalue weighted by Crippen LogP contribution is 2.24. The van der Waals surface area contributed by atoms with Crippen molar-refractivity contribution in [1.82, 2.24) is 9.55 Å². The maximum Gasteiger partial charge on any atom is 0.202 e. The van der Waals surface area contributed by atoms with Gasteiger partial charge in [-0.2, -0.15) is 0 Å².